The van der Waals surface area contributed by atoms with E-state index >= 15 is 0 Å². The fourth-order valence-electron chi connectivity index (χ4n) is 3.25. The van der Waals surface area contributed by atoms with Crippen molar-refractivity contribution in [2.24, 2.45) is 0 Å². The molecule has 0 bridgehead atoms. The third kappa shape index (κ3) is 7.46. The Balaban J connectivity index is 2.05. The molecule has 31 heavy (non-hydrogen) atoms. The number of amides is 1. The number of nitrogens with one attached hydrogen (secondary N) is 1. The Hall–Kier alpha value is -2.21. The molecule has 0 aliphatic rings. The molecule has 168 valence electrons. The minimum Gasteiger partial charge on any atom is -0.493 e. The van der Waals surface area contributed by atoms with E-state index in [-0.39, 0.29) is 5.91 Å². The van der Waals surface area contributed by atoms with Gasteiger partial charge < -0.3 is 14.8 Å². The smallest absolute Gasteiger partial charge is 0.248 e. The first kappa shape index (κ1) is 25.1. The van der Waals surface area contributed by atoms with Crippen LogP contribution in [-0.2, 0) is 4.79 Å². The largest absolute Gasteiger partial charge is 0.493 e. The van der Waals surface area contributed by atoms with Gasteiger partial charge in [-0.25, -0.2) is 0 Å². The Labute approximate surface area is 194 Å². The van der Waals surface area contributed by atoms with E-state index in [2.05, 4.69) is 37.9 Å². The van der Waals surface area contributed by atoms with Crippen LogP contribution in [0.15, 0.2) is 42.5 Å². The van der Waals surface area contributed by atoms with E-state index in [4.69, 9.17) is 32.7 Å². The fraction of sp³-hybridized carbons (Fsp3) is 0.375. The normalized spacial score (nSPS) is 11.5. The molecular formula is C24H30Cl2N2O3. The van der Waals surface area contributed by atoms with Crippen LogP contribution in [0.25, 0.3) is 6.08 Å². The Kier molecular flexibility index (Phi) is 9.69. The summed E-state index contributed by atoms with van der Waals surface area (Å²) in [5.41, 5.74) is 1.19. The summed E-state index contributed by atoms with van der Waals surface area (Å²) in [6, 6.07) is 11.3. The topological polar surface area (TPSA) is 50.8 Å². The maximum Gasteiger partial charge on any atom is 0.248 e. The van der Waals surface area contributed by atoms with Crippen molar-refractivity contribution in [3.8, 4) is 11.5 Å². The third-order valence-electron chi connectivity index (χ3n) is 4.77. The molecule has 2 aromatic carbocycles. The number of hydrogen-bond donors (Lipinski definition) is 1. The van der Waals surface area contributed by atoms with Gasteiger partial charge in [-0.1, -0.05) is 29.3 Å². The number of carbonyl (C=O) groups is 1. The van der Waals surface area contributed by atoms with Gasteiger partial charge in [-0.05, 0) is 58.0 Å². The van der Waals surface area contributed by atoms with E-state index in [9.17, 15) is 4.79 Å². The molecule has 0 radical (unpaired) electrons. The number of rotatable bonds is 10. The van der Waals surface area contributed by atoms with E-state index in [0.717, 1.165) is 6.54 Å². The molecule has 1 amide bonds. The summed E-state index contributed by atoms with van der Waals surface area (Å²) < 4.78 is 11.4. The molecule has 5 nitrogen and oxygen atoms in total. The van der Waals surface area contributed by atoms with Gasteiger partial charge >= 0.3 is 0 Å². The number of halogens is 2. The quantitative estimate of drug-likeness (QED) is 0.428. The lowest BCUT2D eigenvalue weighted by Crippen LogP contribution is -2.39. The molecule has 7 heteroatoms. The van der Waals surface area contributed by atoms with Crippen LogP contribution in [0.2, 0.25) is 10.0 Å². The first-order valence-electron chi connectivity index (χ1n) is 10.2. The number of nitrogens with zero attached hydrogens (tertiary/aromatic N) is 1. The van der Waals surface area contributed by atoms with Gasteiger partial charge in [0.2, 0.25) is 5.91 Å². The molecule has 0 aliphatic carbocycles. The van der Waals surface area contributed by atoms with Crippen LogP contribution < -0.4 is 14.8 Å². The molecule has 2 aromatic rings. The lowest BCUT2D eigenvalue weighted by molar-refractivity contribution is -0.111. The van der Waals surface area contributed by atoms with Crippen LogP contribution in [0.3, 0.4) is 0 Å². The molecule has 0 saturated carbocycles. The predicted molar refractivity (Wildman–Crippen MR) is 130 cm³/mol. The lowest BCUT2D eigenvalue weighted by atomic mass is 10.2. The average molecular weight is 465 g/mol. The van der Waals surface area contributed by atoms with E-state index in [1.807, 2.05) is 0 Å². The zero-order chi connectivity index (χ0) is 23.0. The number of ether oxygens (including phenoxy) is 2. The van der Waals surface area contributed by atoms with Gasteiger partial charge in [0, 0.05) is 52.1 Å². The molecule has 2 rings (SSSR count). The van der Waals surface area contributed by atoms with Gasteiger partial charge in [-0.3, -0.25) is 9.69 Å². The average Bonchev–Trinajstić information content (AvgIpc) is 2.70. The highest BCUT2D eigenvalue weighted by atomic mass is 35.5. The standard InChI is InChI=1S/C24H30Cl2N2O3/c1-16(2)28(17(3)4)13-14-31-23-15-18(9-11-22(23)30-5)27-24(29)12-10-19-20(25)7-6-8-21(19)26/h6-12,15-17H,13-14H2,1-5H3,(H,27,29)/b12-10+. The molecule has 0 aromatic heterocycles. The van der Waals surface area contributed by atoms with Gasteiger partial charge in [0.15, 0.2) is 11.5 Å². The second kappa shape index (κ2) is 12.0. The van der Waals surface area contributed by atoms with Crippen molar-refractivity contribution in [3.05, 3.63) is 58.1 Å². The van der Waals surface area contributed by atoms with Crippen LogP contribution in [0.1, 0.15) is 33.3 Å². The number of hydrogen-bond acceptors (Lipinski definition) is 4. The first-order valence-corrected chi connectivity index (χ1v) is 11.0. The molecule has 0 spiro atoms. The van der Waals surface area contributed by atoms with E-state index in [0.29, 0.717) is 51.5 Å². The van der Waals surface area contributed by atoms with E-state index in [1.165, 1.54) is 6.08 Å². The number of anilines is 1. The van der Waals surface area contributed by atoms with E-state index < -0.39 is 0 Å². The van der Waals surface area contributed by atoms with Gasteiger partial charge in [-0.15, -0.1) is 0 Å². The third-order valence-corrected chi connectivity index (χ3v) is 5.43. The summed E-state index contributed by atoms with van der Waals surface area (Å²) in [6.45, 7) is 9.96. The number of methoxy groups -OCH3 is 1. The lowest BCUT2D eigenvalue weighted by Gasteiger charge is -2.30. The van der Waals surface area contributed by atoms with E-state index in [1.54, 1.807) is 49.6 Å². The highest BCUT2D eigenvalue weighted by Gasteiger charge is 2.14. The second-order valence-electron chi connectivity index (χ2n) is 7.60. The molecule has 0 aliphatic heterocycles. The maximum absolute atomic E-state index is 12.4. The Morgan fingerprint density at radius 1 is 1.06 bits per heavy atom. The van der Waals surface area contributed by atoms with Crippen LogP contribution in [0, 0.1) is 0 Å². The van der Waals surface area contributed by atoms with Crippen LogP contribution in [0.4, 0.5) is 5.69 Å². The Morgan fingerprint density at radius 2 is 1.71 bits per heavy atom. The number of carbonyl (C=O) groups excluding carboxylic acids is 1. The Morgan fingerprint density at radius 3 is 2.29 bits per heavy atom. The summed E-state index contributed by atoms with van der Waals surface area (Å²) >= 11 is 12.3. The fourth-order valence-corrected chi connectivity index (χ4v) is 3.78. The molecule has 1 N–H and O–H groups in total. The number of benzene rings is 2. The first-order chi connectivity index (χ1) is 14.7. The van der Waals surface area contributed by atoms with Crippen molar-refractivity contribution < 1.29 is 14.3 Å². The molecule has 0 saturated heterocycles. The maximum atomic E-state index is 12.4. The molecule has 0 unspecified atom stereocenters. The van der Waals surface area contributed by atoms with Crippen LogP contribution in [-0.4, -0.2) is 43.2 Å². The molecule has 0 atom stereocenters. The summed E-state index contributed by atoms with van der Waals surface area (Å²) in [4.78, 5) is 14.7. The van der Waals surface area contributed by atoms with Crippen molar-refractivity contribution in [2.45, 2.75) is 39.8 Å². The van der Waals surface area contributed by atoms with Crippen molar-refractivity contribution >= 4 is 40.9 Å². The summed E-state index contributed by atoms with van der Waals surface area (Å²) in [7, 11) is 1.59. The van der Waals surface area contributed by atoms with Crippen LogP contribution in [0.5, 0.6) is 11.5 Å². The minimum absolute atomic E-state index is 0.308. The monoisotopic (exact) mass is 464 g/mol. The zero-order valence-electron chi connectivity index (χ0n) is 18.6. The van der Waals surface area contributed by atoms with Gasteiger partial charge in [0.25, 0.3) is 0 Å². The SMILES string of the molecule is COc1ccc(NC(=O)/C=C/c2c(Cl)cccc2Cl)cc1OCCN(C(C)C)C(C)C. The van der Waals surface area contributed by atoms with Gasteiger partial charge in [0.05, 0.1) is 7.11 Å². The van der Waals surface area contributed by atoms with Crippen molar-refractivity contribution in [2.75, 3.05) is 25.6 Å². The van der Waals surface area contributed by atoms with Crippen molar-refractivity contribution in [1.82, 2.24) is 4.90 Å². The molecular weight excluding hydrogens is 435 g/mol. The molecule has 0 fully saturated rings. The zero-order valence-corrected chi connectivity index (χ0v) is 20.1. The Bertz CT molecular complexity index is 885. The summed E-state index contributed by atoms with van der Waals surface area (Å²) in [6.07, 6.45) is 2.98. The minimum atomic E-state index is -0.308. The highest BCUT2D eigenvalue weighted by molar-refractivity contribution is 6.37. The predicted octanol–water partition coefficient (Wildman–Crippen LogP) is 6.15. The van der Waals surface area contributed by atoms with Crippen molar-refractivity contribution in [1.29, 1.82) is 0 Å². The molecule has 0 heterocycles. The summed E-state index contributed by atoms with van der Waals surface area (Å²) in [5, 5.41) is 3.78. The second-order valence-corrected chi connectivity index (χ2v) is 8.41. The van der Waals surface area contributed by atoms with Crippen LogP contribution >= 0.6 is 23.2 Å². The highest BCUT2D eigenvalue weighted by Crippen LogP contribution is 2.30. The van der Waals surface area contributed by atoms with Gasteiger partial charge in [-0.2, -0.15) is 0 Å². The van der Waals surface area contributed by atoms with Crippen molar-refractivity contribution in [3.63, 3.8) is 0 Å². The summed E-state index contributed by atoms with van der Waals surface area (Å²) in [5.74, 6) is 0.876. The van der Waals surface area contributed by atoms with Gasteiger partial charge in [0.1, 0.15) is 6.61 Å².